The summed E-state index contributed by atoms with van der Waals surface area (Å²) in [6, 6.07) is 12.1. The standard InChI is InChI=1S/C19H32N2/c1-16(2)20-18-11-8-14-21(15-18)19(3,4)13-12-17-9-6-5-7-10-17/h5-7,9-10,16,18,20H,8,11-15H2,1-4H3. The van der Waals surface area contributed by atoms with Gasteiger partial charge in [-0.15, -0.1) is 0 Å². The van der Waals surface area contributed by atoms with Crippen LogP contribution in [-0.4, -0.2) is 35.6 Å². The lowest BCUT2D eigenvalue weighted by Gasteiger charge is -2.44. The highest BCUT2D eigenvalue weighted by Crippen LogP contribution is 2.25. The Labute approximate surface area is 130 Å². The Morgan fingerprint density at radius 2 is 1.95 bits per heavy atom. The lowest BCUT2D eigenvalue weighted by Crippen LogP contribution is -2.55. The van der Waals surface area contributed by atoms with Gasteiger partial charge in [-0.2, -0.15) is 0 Å². The molecule has 2 rings (SSSR count). The fourth-order valence-corrected chi connectivity index (χ4v) is 3.39. The summed E-state index contributed by atoms with van der Waals surface area (Å²) in [5, 5.41) is 3.72. The minimum Gasteiger partial charge on any atom is -0.311 e. The van der Waals surface area contributed by atoms with Gasteiger partial charge in [0.05, 0.1) is 0 Å². The van der Waals surface area contributed by atoms with Crippen LogP contribution in [0.3, 0.4) is 0 Å². The normalized spacial score (nSPS) is 20.9. The number of hydrogen-bond donors (Lipinski definition) is 1. The molecule has 1 atom stereocenters. The fourth-order valence-electron chi connectivity index (χ4n) is 3.39. The number of aryl methyl sites for hydroxylation is 1. The van der Waals surface area contributed by atoms with Gasteiger partial charge in [-0.05, 0) is 51.6 Å². The second kappa shape index (κ2) is 7.42. The van der Waals surface area contributed by atoms with E-state index in [4.69, 9.17) is 0 Å². The van der Waals surface area contributed by atoms with Crippen molar-refractivity contribution in [2.45, 2.75) is 71.0 Å². The molecule has 2 nitrogen and oxygen atoms in total. The van der Waals surface area contributed by atoms with Crippen LogP contribution >= 0.6 is 0 Å². The average Bonchev–Trinajstić information content (AvgIpc) is 2.46. The number of rotatable bonds is 6. The minimum atomic E-state index is 0.285. The smallest absolute Gasteiger partial charge is 0.0198 e. The quantitative estimate of drug-likeness (QED) is 0.855. The Morgan fingerprint density at radius 1 is 1.24 bits per heavy atom. The molecule has 2 heteroatoms. The molecule has 1 saturated heterocycles. The predicted molar refractivity (Wildman–Crippen MR) is 91.7 cm³/mol. The summed E-state index contributed by atoms with van der Waals surface area (Å²) in [6.07, 6.45) is 5.04. The molecule has 1 unspecified atom stereocenters. The number of hydrogen-bond acceptors (Lipinski definition) is 2. The number of benzene rings is 1. The van der Waals surface area contributed by atoms with E-state index in [1.165, 1.54) is 44.3 Å². The minimum absolute atomic E-state index is 0.285. The summed E-state index contributed by atoms with van der Waals surface area (Å²) in [5.41, 5.74) is 1.74. The zero-order chi connectivity index (χ0) is 15.3. The molecule has 21 heavy (non-hydrogen) atoms. The van der Waals surface area contributed by atoms with Crippen molar-refractivity contribution < 1.29 is 0 Å². The van der Waals surface area contributed by atoms with Crippen molar-refractivity contribution in [1.29, 1.82) is 0 Å². The van der Waals surface area contributed by atoms with Gasteiger partial charge in [0.2, 0.25) is 0 Å². The number of piperidine rings is 1. The van der Waals surface area contributed by atoms with Crippen LogP contribution in [0.5, 0.6) is 0 Å². The summed E-state index contributed by atoms with van der Waals surface area (Å²) in [7, 11) is 0. The van der Waals surface area contributed by atoms with Gasteiger partial charge in [0.25, 0.3) is 0 Å². The van der Waals surface area contributed by atoms with E-state index in [9.17, 15) is 0 Å². The van der Waals surface area contributed by atoms with Crippen LogP contribution in [0, 0.1) is 0 Å². The summed E-state index contributed by atoms with van der Waals surface area (Å²) >= 11 is 0. The van der Waals surface area contributed by atoms with Crippen LogP contribution in [0.4, 0.5) is 0 Å². The van der Waals surface area contributed by atoms with Crippen LogP contribution < -0.4 is 5.32 Å². The van der Waals surface area contributed by atoms with E-state index in [0.717, 1.165) is 0 Å². The fraction of sp³-hybridized carbons (Fsp3) is 0.684. The first kappa shape index (κ1) is 16.5. The monoisotopic (exact) mass is 288 g/mol. The zero-order valence-corrected chi connectivity index (χ0v) is 14.2. The molecule has 0 spiro atoms. The molecule has 0 saturated carbocycles. The number of nitrogens with one attached hydrogen (secondary N) is 1. The largest absolute Gasteiger partial charge is 0.311 e. The molecule has 1 aliphatic heterocycles. The van der Waals surface area contributed by atoms with E-state index in [1.54, 1.807) is 0 Å². The first-order valence-electron chi connectivity index (χ1n) is 8.52. The second-order valence-electron chi connectivity index (χ2n) is 7.40. The molecule has 0 aromatic heterocycles. The van der Waals surface area contributed by atoms with E-state index in [0.29, 0.717) is 12.1 Å². The Hall–Kier alpha value is -0.860. The molecule has 0 aliphatic carbocycles. The maximum absolute atomic E-state index is 3.72. The van der Waals surface area contributed by atoms with Gasteiger partial charge in [0.1, 0.15) is 0 Å². The van der Waals surface area contributed by atoms with Crippen LogP contribution in [0.25, 0.3) is 0 Å². The molecular formula is C19H32N2. The second-order valence-corrected chi connectivity index (χ2v) is 7.40. The highest BCUT2D eigenvalue weighted by Gasteiger charge is 2.31. The van der Waals surface area contributed by atoms with Crippen LogP contribution in [-0.2, 0) is 6.42 Å². The summed E-state index contributed by atoms with van der Waals surface area (Å²) in [4.78, 5) is 2.69. The van der Waals surface area contributed by atoms with Gasteiger partial charge < -0.3 is 5.32 Å². The first-order chi connectivity index (χ1) is 9.97. The van der Waals surface area contributed by atoms with Gasteiger partial charge in [0, 0.05) is 24.2 Å². The molecule has 1 aromatic rings. The van der Waals surface area contributed by atoms with Gasteiger partial charge in [0.15, 0.2) is 0 Å². The zero-order valence-electron chi connectivity index (χ0n) is 14.2. The topological polar surface area (TPSA) is 15.3 Å². The molecule has 118 valence electrons. The van der Waals surface area contributed by atoms with Gasteiger partial charge in [-0.25, -0.2) is 0 Å². The van der Waals surface area contributed by atoms with Gasteiger partial charge >= 0.3 is 0 Å². The van der Waals surface area contributed by atoms with Gasteiger partial charge in [-0.1, -0.05) is 44.2 Å². The van der Waals surface area contributed by atoms with Crippen molar-refractivity contribution >= 4 is 0 Å². The van der Waals surface area contributed by atoms with Crippen molar-refractivity contribution in [2.24, 2.45) is 0 Å². The predicted octanol–water partition coefficient (Wildman–Crippen LogP) is 3.86. The third-order valence-corrected chi connectivity index (χ3v) is 4.71. The lowest BCUT2D eigenvalue weighted by atomic mass is 9.90. The maximum Gasteiger partial charge on any atom is 0.0198 e. The maximum atomic E-state index is 3.72. The third kappa shape index (κ3) is 5.12. The van der Waals surface area contributed by atoms with Crippen LogP contribution in [0.15, 0.2) is 30.3 Å². The Balaban J connectivity index is 1.88. The number of likely N-dealkylation sites (tertiary alicyclic amines) is 1. The third-order valence-electron chi connectivity index (χ3n) is 4.71. The Kier molecular flexibility index (Phi) is 5.83. The van der Waals surface area contributed by atoms with Crippen molar-refractivity contribution in [3.63, 3.8) is 0 Å². The summed E-state index contributed by atoms with van der Waals surface area (Å²) in [6.45, 7) is 11.8. The van der Waals surface area contributed by atoms with Crippen LogP contribution in [0.2, 0.25) is 0 Å². The molecule has 1 aromatic carbocycles. The molecule has 1 heterocycles. The Morgan fingerprint density at radius 3 is 2.62 bits per heavy atom. The van der Waals surface area contributed by atoms with Crippen molar-refractivity contribution in [2.75, 3.05) is 13.1 Å². The molecule has 0 radical (unpaired) electrons. The van der Waals surface area contributed by atoms with E-state index in [2.05, 4.69) is 68.2 Å². The van der Waals surface area contributed by atoms with Crippen molar-refractivity contribution in [1.82, 2.24) is 10.2 Å². The highest BCUT2D eigenvalue weighted by atomic mass is 15.2. The molecule has 1 fully saturated rings. The summed E-state index contributed by atoms with van der Waals surface area (Å²) in [5.74, 6) is 0. The molecule has 0 bridgehead atoms. The van der Waals surface area contributed by atoms with E-state index in [-0.39, 0.29) is 5.54 Å². The molecular weight excluding hydrogens is 256 g/mol. The van der Waals surface area contributed by atoms with Crippen molar-refractivity contribution in [3.05, 3.63) is 35.9 Å². The molecule has 1 aliphatic rings. The van der Waals surface area contributed by atoms with Gasteiger partial charge in [-0.3, -0.25) is 4.90 Å². The molecule has 1 N–H and O–H groups in total. The SMILES string of the molecule is CC(C)NC1CCCN(C(C)(C)CCc2ccccc2)C1. The highest BCUT2D eigenvalue weighted by molar-refractivity contribution is 5.15. The first-order valence-corrected chi connectivity index (χ1v) is 8.52. The summed E-state index contributed by atoms with van der Waals surface area (Å²) < 4.78 is 0. The van der Waals surface area contributed by atoms with E-state index < -0.39 is 0 Å². The molecule has 0 amide bonds. The Bertz CT molecular complexity index is 411. The number of nitrogens with zero attached hydrogens (tertiary/aromatic N) is 1. The van der Waals surface area contributed by atoms with E-state index in [1.807, 2.05) is 0 Å². The lowest BCUT2D eigenvalue weighted by molar-refractivity contribution is 0.0695. The average molecular weight is 288 g/mol. The van der Waals surface area contributed by atoms with E-state index >= 15 is 0 Å². The van der Waals surface area contributed by atoms with Crippen LogP contribution in [0.1, 0.15) is 52.5 Å². The van der Waals surface area contributed by atoms with Crippen molar-refractivity contribution in [3.8, 4) is 0 Å².